The first-order valence-electron chi connectivity index (χ1n) is 7.50. The Morgan fingerprint density at radius 2 is 1.67 bits per heavy atom. The third-order valence-electron chi connectivity index (χ3n) is 4.61. The summed E-state index contributed by atoms with van der Waals surface area (Å²) in [5.41, 5.74) is 3.93. The summed E-state index contributed by atoms with van der Waals surface area (Å²) in [5, 5.41) is 19.0. The van der Waals surface area contributed by atoms with Crippen LogP contribution < -0.4 is 0 Å². The third-order valence-corrected chi connectivity index (χ3v) is 4.61. The zero-order valence-corrected chi connectivity index (χ0v) is 12.0. The van der Waals surface area contributed by atoms with Crippen molar-refractivity contribution in [2.24, 2.45) is 0 Å². The van der Waals surface area contributed by atoms with Crippen molar-refractivity contribution in [3.05, 3.63) is 59.7 Å². The largest absolute Gasteiger partial charge is 0.392 e. The zero-order chi connectivity index (χ0) is 14.7. The van der Waals surface area contributed by atoms with Crippen LogP contribution in [0.2, 0.25) is 0 Å². The van der Waals surface area contributed by atoms with Gasteiger partial charge in [0.15, 0.2) is 0 Å². The van der Waals surface area contributed by atoms with Crippen LogP contribution in [0.5, 0.6) is 0 Å². The summed E-state index contributed by atoms with van der Waals surface area (Å²) < 4.78 is 0. The van der Waals surface area contributed by atoms with E-state index in [0.717, 1.165) is 47.9 Å². The lowest BCUT2D eigenvalue weighted by Crippen LogP contribution is -2.18. The van der Waals surface area contributed by atoms with Gasteiger partial charge in [-0.1, -0.05) is 61.4 Å². The molecule has 0 heterocycles. The van der Waals surface area contributed by atoms with Crippen molar-refractivity contribution in [3.8, 4) is 17.2 Å². The van der Waals surface area contributed by atoms with Gasteiger partial charge in [-0.25, -0.2) is 0 Å². The molecule has 0 bridgehead atoms. The van der Waals surface area contributed by atoms with E-state index in [1.807, 2.05) is 24.3 Å². The first-order chi connectivity index (χ1) is 10.3. The number of hydrogen-bond acceptors (Lipinski definition) is 2. The van der Waals surface area contributed by atoms with Crippen LogP contribution in [0.4, 0.5) is 0 Å². The van der Waals surface area contributed by atoms with E-state index in [1.165, 1.54) is 0 Å². The summed E-state index contributed by atoms with van der Waals surface area (Å²) in [7, 11) is 0. The highest BCUT2D eigenvalue weighted by Gasteiger charge is 2.35. The van der Waals surface area contributed by atoms with Crippen LogP contribution in [0.15, 0.2) is 48.5 Å². The number of aliphatic hydroxyl groups is 1. The van der Waals surface area contributed by atoms with E-state index >= 15 is 0 Å². The molecule has 1 fully saturated rings. The maximum atomic E-state index is 9.56. The second kappa shape index (κ2) is 5.71. The van der Waals surface area contributed by atoms with E-state index in [1.54, 1.807) is 0 Å². The lowest BCUT2D eigenvalue weighted by molar-refractivity contribution is 0.282. The minimum atomic E-state index is -0.283. The molecule has 106 valence electrons. The molecule has 2 heteroatoms. The molecule has 0 unspecified atom stereocenters. The molecule has 2 nitrogen and oxygen atoms in total. The Bertz CT molecular complexity index is 661. The van der Waals surface area contributed by atoms with Gasteiger partial charge in [0.1, 0.15) is 0 Å². The van der Waals surface area contributed by atoms with Crippen LogP contribution in [-0.4, -0.2) is 5.11 Å². The second-order valence-electron chi connectivity index (χ2n) is 5.79. The molecule has 0 atom stereocenters. The van der Waals surface area contributed by atoms with Crippen molar-refractivity contribution in [1.82, 2.24) is 0 Å². The maximum Gasteiger partial charge on any atom is 0.0822 e. The van der Waals surface area contributed by atoms with Gasteiger partial charge < -0.3 is 5.11 Å². The van der Waals surface area contributed by atoms with Gasteiger partial charge in [-0.05, 0) is 35.1 Å². The lowest BCUT2D eigenvalue weighted by Gasteiger charge is -2.21. The van der Waals surface area contributed by atoms with E-state index in [9.17, 15) is 10.4 Å². The molecule has 1 aliphatic rings. The average molecular weight is 277 g/mol. The molecule has 0 spiro atoms. The number of hydrogen-bond donors (Lipinski definition) is 1. The fourth-order valence-electron chi connectivity index (χ4n) is 3.35. The van der Waals surface area contributed by atoms with Crippen LogP contribution in [0.3, 0.4) is 0 Å². The van der Waals surface area contributed by atoms with Crippen molar-refractivity contribution < 1.29 is 5.11 Å². The van der Waals surface area contributed by atoms with Crippen LogP contribution >= 0.6 is 0 Å². The summed E-state index contributed by atoms with van der Waals surface area (Å²) in [6, 6.07) is 18.7. The molecule has 1 N–H and O–H groups in total. The predicted octanol–water partition coefficient (Wildman–Crippen LogP) is 4.18. The predicted molar refractivity (Wildman–Crippen MR) is 83.6 cm³/mol. The van der Waals surface area contributed by atoms with Crippen molar-refractivity contribution in [3.63, 3.8) is 0 Å². The summed E-state index contributed by atoms with van der Waals surface area (Å²) in [5.74, 6) is 0. The Morgan fingerprint density at radius 3 is 2.29 bits per heavy atom. The van der Waals surface area contributed by atoms with Gasteiger partial charge in [0, 0.05) is 0 Å². The lowest BCUT2D eigenvalue weighted by atomic mass is 9.80. The number of rotatable bonds is 3. The average Bonchev–Trinajstić information content (AvgIpc) is 3.05. The number of nitrogens with zero attached hydrogens (tertiary/aromatic N) is 1. The number of benzene rings is 2. The minimum Gasteiger partial charge on any atom is -0.392 e. The fourth-order valence-corrected chi connectivity index (χ4v) is 3.35. The van der Waals surface area contributed by atoms with E-state index in [-0.39, 0.29) is 12.0 Å². The smallest absolute Gasteiger partial charge is 0.0822 e. The molecule has 0 aliphatic heterocycles. The molecule has 2 aromatic rings. The molecule has 3 rings (SSSR count). The second-order valence-corrected chi connectivity index (χ2v) is 5.79. The first-order valence-corrected chi connectivity index (χ1v) is 7.50. The molecule has 21 heavy (non-hydrogen) atoms. The standard InChI is InChI=1S/C19H19NO/c20-14-19(11-3-4-12-19)17-9-7-15(8-10-17)18-6-2-1-5-16(18)13-21/h1-2,5-10,21H,3-4,11-13H2. The van der Waals surface area contributed by atoms with Crippen molar-refractivity contribution in [1.29, 1.82) is 5.26 Å². The highest BCUT2D eigenvalue weighted by atomic mass is 16.3. The molecule has 1 saturated carbocycles. The molecule has 0 amide bonds. The molecular weight excluding hydrogens is 258 g/mol. The van der Waals surface area contributed by atoms with Gasteiger partial charge in [0.25, 0.3) is 0 Å². The van der Waals surface area contributed by atoms with Crippen LogP contribution in [0.25, 0.3) is 11.1 Å². The van der Waals surface area contributed by atoms with E-state index in [0.29, 0.717) is 0 Å². The van der Waals surface area contributed by atoms with Crippen molar-refractivity contribution in [2.75, 3.05) is 0 Å². The van der Waals surface area contributed by atoms with Gasteiger partial charge in [-0.2, -0.15) is 5.26 Å². The zero-order valence-electron chi connectivity index (χ0n) is 12.0. The Kier molecular flexibility index (Phi) is 3.77. The topological polar surface area (TPSA) is 44.0 Å². The van der Waals surface area contributed by atoms with Crippen molar-refractivity contribution in [2.45, 2.75) is 37.7 Å². The highest BCUT2D eigenvalue weighted by molar-refractivity contribution is 5.67. The highest BCUT2D eigenvalue weighted by Crippen LogP contribution is 2.41. The molecule has 0 saturated heterocycles. The summed E-state index contributed by atoms with van der Waals surface area (Å²) >= 11 is 0. The van der Waals surface area contributed by atoms with Crippen LogP contribution in [0.1, 0.15) is 36.8 Å². The van der Waals surface area contributed by atoms with Crippen LogP contribution in [-0.2, 0) is 12.0 Å². The Labute approximate surface area is 125 Å². The molecule has 1 aliphatic carbocycles. The van der Waals surface area contributed by atoms with E-state index < -0.39 is 0 Å². The SMILES string of the molecule is N#CC1(c2ccc(-c3ccccc3CO)cc2)CCCC1. The third kappa shape index (κ3) is 2.46. The molecule has 0 radical (unpaired) electrons. The van der Waals surface area contributed by atoms with E-state index in [2.05, 4.69) is 30.3 Å². The van der Waals surface area contributed by atoms with E-state index in [4.69, 9.17) is 0 Å². The molecular formula is C19H19NO. The first kappa shape index (κ1) is 13.9. The summed E-state index contributed by atoms with van der Waals surface area (Å²) in [6.45, 7) is 0.0417. The van der Waals surface area contributed by atoms with Crippen LogP contribution in [0, 0.1) is 11.3 Å². The van der Waals surface area contributed by atoms with Crippen molar-refractivity contribution >= 4 is 0 Å². The minimum absolute atomic E-state index is 0.0417. The summed E-state index contributed by atoms with van der Waals surface area (Å²) in [6.07, 6.45) is 4.22. The Balaban J connectivity index is 1.96. The Hall–Kier alpha value is -2.11. The monoisotopic (exact) mass is 277 g/mol. The van der Waals surface area contributed by atoms with Gasteiger partial charge in [0.05, 0.1) is 18.1 Å². The molecule has 0 aromatic heterocycles. The quantitative estimate of drug-likeness (QED) is 0.914. The number of aliphatic hydroxyl groups excluding tert-OH is 1. The fraction of sp³-hybridized carbons (Fsp3) is 0.316. The van der Waals surface area contributed by atoms with Gasteiger partial charge in [-0.3, -0.25) is 0 Å². The van der Waals surface area contributed by atoms with Gasteiger partial charge in [-0.15, -0.1) is 0 Å². The normalized spacial score (nSPS) is 16.6. The number of nitriles is 1. The molecule has 2 aromatic carbocycles. The maximum absolute atomic E-state index is 9.56. The van der Waals surface area contributed by atoms with Gasteiger partial charge >= 0.3 is 0 Å². The summed E-state index contributed by atoms with van der Waals surface area (Å²) in [4.78, 5) is 0. The Morgan fingerprint density at radius 1 is 1.00 bits per heavy atom. The van der Waals surface area contributed by atoms with Gasteiger partial charge in [0.2, 0.25) is 0 Å².